The molecule has 0 fully saturated rings. The molecular weight excluding hydrogens is 192 g/mol. The Morgan fingerprint density at radius 2 is 2.36 bits per heavy atom. The van der Waals surface area contributed by atoms with E-state index in [1.165, 1.54) is 11.3 Å². The van der Waals surface area contributed by atoms with Crippen molar-refractivity contribution in [3.05, 3.63) is 22.4 Å². The first-order valence-corrected chi connectivity index (χ1v) is 6.03. The summed E-state index contributed by atoms with van der Waals surface area (Å²) in [5.74, 6) is 0. The molecule has 0 radical (unpaired) electrons. The Morgan fingerprint density at radius 3 is 2.86 bits per heavy atom. The molecule has 1 atom stereocenters. The minimum atomic E-state index is 0.641. The number of thiophene rings is 1. The van der Waals surface area contributed by atoms with Crippen LogP contribution in [0.4, 0.5) is 0 Å². The molecule has 1 aromatic heterocycles. The number of likely N-dealkylation sites (N-methyl/N-ethyl adjacent to an activating group) is 2. The smallest absolute Gasteiger partial charge is 0.0328 e. The van der Waals surface area contributed by atoms with Crippen molar-refractivity contribution >= 4 is 11.3 Å². The fourth-order valence-electron chi connectivity index (χ4n) is 1.62. The van der Waals surface area contributed by atoms with Crippen molar-refractivity contribution in [2.45, 2.75) is 25.9 Å². The van der Waals surface area contributed by atoms with Gasteiger partial charge in [-0.25, -0.2) is 0 Å². The van der Waals surface area contributed by atoms with Gasteiger partial charge in [0.15, 0.2) is 0 Å². The van der Waals surface area contributed by atoms with Gasteiger partial charge in [0.05, 0.1) is 0 Å². The van der Waals surface area contributed by atoms with Crippen LogP contribution in [0.25, 0.3) is 0 Å². The number of rotatable bonds is 6. The maximum Gasteiger partial charge on any atom is 0.0328 e. The molecule has 0 aliphatic rings. The fourth-order valence-corrected chi connectivity index (χ4v) is 2.39. The van der Waals surface area contributed by atoms with E-state index in [2.05, 4.69) is 41.7 Å². The Bertz CT molecular complexity index is 233. The van der Waals surface area contributed by atoms with E-state index in [1.807, 2.05) is 18.4 Å². The second-order valence-electron chi connectivity index (χ2n) is 3.61. The summed E-state index contributed by atoms with van der Waals surface area (Å²) in [6.45, 7) is 4.38. The number of nitrogens with zero attached hydrogens (tertiary/aromatic N) is 1. The number of hydrogen-bond acceptors (Lipinski definition) is 3. The van der Waals surface area contributed by atoms with Crippen molar-refractivity contribution in [1.29, 1.82) is 0 Å². The van der Waals surface area contributed by atoms with Crippen LogP contribution in [0.5, 0.6) is 0 Å². The first-order chi connectivity index (χ1) is 6.77. The van der Waals surface area contributed by atoms with Crippen molar-refractivity contribution in [1.82, 2.24) is 10.2 Å². The predicted octanol–water partition coefficient (Wildman–Crippen LogP) is 2.18. The lowest BCUT2D eigenvalue weighted by molar-refractivity contribution is 0.226. The van der Waals surface area contributed by atoms with Crippen LogP contribution in [0.2, 0.25) is 0 Å². The number of nitrogens with one attached hydrogen (secondary N) is 1. The zero-order valence-electron chi connectivity index (χ0n) is 9.29. The molecule has 1 N–H and O–H groups in total. The third kappa shape index (κ3) is 3.40. The van der Waals surface area contributed by atoms with Crippen LogP contribution >= 0.6 is 11.3 Å². The summed E-state index contributed by atoms with van der Waals surface area (Å²) in [6, 6.07) is 4.96. The maximum absolute atomic E-state index is 3.24. The predicted molar refractivity (Wildman–Crippen MR) is 63.8 cm³/mol. The Labute approximate surface area is 90.9 Å². The Morgan fingerprint density at radius 1 is 1.57 bits per heavy atom. The van der Waals surface area contributed by atoms with Gasteiger partial charge in [0.1, 0.15) is 0 Å². The molecule has 2 nitrogen and oxygen atoms in total. The molecule has 0 spiro atoms. The molecule has 1 heterocycles. The van der Waals surface area contributed by atoms with Crippen molar-refractivity contribution in [2.75, 3.05) is 20.6 Å². The average molecular weight is 212 g/mol. The SMILES string of the molecule is CCC(CNC)N(C)Cc1cccs1. The molecule has 0 amide bonds. The van der Waals surface area contributed by atoms with Crippen LogP contribution in [0, 0.1) is 0 Å². The first kappa shape index (κ1) is 11.7. The molecule has 0 aliphatic heterocycles. The Hall–Kier alpha value is -0.380. The van der Waals surface area contributed by atoms with Crippen molar-refractivity contribution < 1.29 is 0 Å². The second kappa shape index (κ2) is 6.17. The van der Waals surface area contributed by atoms with Gasteiger partial charge < -0.3 is 5.32 Å². The van der Waals surface area contributed by atoms with E-state index in [0.717, 1.165) is 13.1 Å². The maximum atomic E-state index is 3.24. The minimum Gasteiger partial charge on any atom is -0.318 e. The van der Waals surface area contributed by atoms with Gasteiger partial charge >= 0.3 is 0 Å². The van der Waals surface area contributed by atoms with E-state index in [9.17, 15) is 0 Å². The summed E-state index contributed by atoms with van der Waals surface area (Å²) in [6.07, 6.45) is 1.20. The van der Waals surface area contributed by atoms with E-state index < -0.39 is 0 Å². The van der Waals surface area contributed by atoms with Gasteiger partial charge in [0, 0.05) is 24.0 Å². The van der Waals surface area contributed by atoms with Gasteiger partial charge in [-0.1, -0.05) is 13.0 Å². The molecule has 1 rings (SSSR count). The highest BCUT2D eigenvalue weighted by Gasteiger charge is 2.11. The molecule has 80 valence electrons. The van der Waals surface area contributed by atoms with E-state index in [-0.39, 0.29) is 0 Å². The molecule has 0 aromatic carbocycles. The fraction of sp³-hybridized carbons (Fsp3) is 0.636. The summed E-state index contributed by atoms with van der Waals surface area (Å²) < 4.78 is 0. The largest absolute Gasteiger partial charge is 0.318 e. The third-order valence-electron chi connectivity index (χ3n) is 2.52. The summed E-state index contributed by atoms with van der Waals surface area (Å²) in [5, 5.41) is 5.38. The average Bonchev–Trinajstić information content (AvgIpc) is 2.66. The van der Waals surface area contributed by atoms with Gasteiger partial charge in [-0.3, -0.25) is 4.90 Å². The lowest BCUT2D eigenvalue weighted by Gasteiger charge is -2.26. The molecule has 1 unspecified atom stereocenters. The van der Waals surface area contributed by atoms with Crippen LogP contribution in [0.15, 0.2) is 17.5 Å². The van der Waals surface area contributed by atoms with E-state index >= 15 is 0 Å². The molecule has 3 heteroatoms. The summed E-state index contributed by atoms with van der Waals surface area (Å²) in [4.78, 5) is 3.87. The van der Waals surface area contributed by atoms with E-state index in [0.29, 0.717) is 6.04 Å². The quantitative estimate of drug-likeness (QED) is 0.777. The lowest BCUT2D eigenvalue weighted by atomic mass is 10.2. The second-order valence-corrected chi connectivity index (χ2v) is 4.65. The zero-order chi connectivity index (χ0) is 10.4. The van der Waals surface area contributed by atoms with Crippen LogP contribution in [0.3, 0.4) is 0 Å². The van der Waals surface area contributed by atoms with E-state index in [1.54, 1.807) is 0 Å². The van der Waals surface area contributed by atoms with Gasteiger partial charge in [-0.2, -0.15) is 0 Å². The molecular formula is C11H20N2S. The lowest BCUT2D eigenvalue weighted by Crippen LogP contribution is -2.37. The molecule has 1 aromatic rings. The topological polar surface area (TPSA) is 15.3 Å². The molecule has 0 saturated carbocycles. The Balaban J connectivity index is 2.43. The van der Waals surface area contributed by atoms with Crippen molar-refractivity contribution in [3.63, 3.8) is 0 Å². The third-order valence-corrected chi connectivity index (χ3v) is 3.38. The van der Waals surface area contributed by atoms with Crippen LogP contribution in [-0.2, 0) is 6.54 Å². The first-order valence-electron chi connectivity index (χ1n) is 5.15. The molecule has 0 bridgehead atoms. The van der Waals surface area contributed by atoms with Crippen LogP contribution in [-0.4, -0.2) is 31.6 Å². The zero-order valence-corrected chi connectivity index (χ0v) is 10.1. The highest BCUT2D eigenvalue weighted by molar-refractivity contribution is 7.09. The summed E-state index contributed by atoms with van der Waals surface area (Å²) in [5.41, 5.74) is 0. The summed E-state index contributed by atoms with van der Waals surface area (Å²) >= 11 is 1.84. The highest BCUT2D eigenvalue weighted by Crippen LogP contribution is 2.13. The minimum absolute atomic E-state index is 0.641. The van der Waals surface area contributed by atoms with Gasteiger partial charge in [0.25, 0.3) is 0 Å². The summed E-state index contributed by atoms with van der Waals surface area (Å²) in [7, 11) is 4.22. The highest BCUT2D eigenvalue weighted by atomic mass is 32.1. The van der Waals surface area contributed by atoms with Gasteiger partial charge in [-0.15, -0.1) is 11.3 Å². The van der Waals surface area contributed by atoms with Crippen LogP contribution < -0.4 is 5.32 Å². The molecule has 0 aliphatic carbocycles. The van der Waals surface area contributed by atoms with Crippen LogP contribution in [0.1, 0.15) is 18.2 Å². The van der Waals surface area contributed by atoms with E-state index in [4.69, 9.17) is 0 Å². The molecule has 14 heavy (non-hydrogen) atoms. The van der Waals surface area contributed by atoms with Crippen molar-refractivity contribution in [3.8, 4) is 0 Å². The number of hydrogen-bond donors (Lipinski definition) is 1. The molecule has 0 saturated heterocycles. The normalized spacial score (nSPS) is 13.4. The Kier molecular flexibility index (Phi) is 5.15. The van der Waals surface area contributed by atoms with Gasteiger partial charge in [-0.05, 0) is 32.0 Å². The van der Waals surface area contributed by atoms with Crippen molar-refractivity contribution in [2.24, 2.45) is 0 Å². The standard InChI is InChI=1S/C11H20N2S/c1-4-10(8-12-2)13(3)9-11-6-5-7-14-11/h5-7,10,12H,4,8-9H2,1-3H3. The monoisotopic (exact) mass is 212 g/mol. The van der Waals surface area contributed by atoms with Gasteiger partial charge in [0.2, 0.25) is 0 Å².